The van der Waals surface area contributed by atoms with Crippen LogP contribution in [0.1, 0.15) is 5.56 Å². The summed E-state index contributed by atoms with van der Waals surface area (Å²) in [6, 6.07) is 12.7. The van der Waals surface area contributed by atoms with Gasteiger partial charge in [-0.25, -0.2) is 4.79 Å². The van der Waals surface area contributed by atoms with Crippen LogP contribution >= 0.6 is 12.2 Å². The molecule has 2 N–H and O–H groups in total. The van der Waals surface area contributed by atoms with E-state index in [4.69, 9.17) is 16.6 Å². The molecule has 0 aliphatic heterocycles. The number of fused-ring (bicyclic) bond motifs is 1. The van der Waals surface area contributed by atoms with E-state index in [0.29, 0.717) is 22.1 Å². The summed E-state index contributed by atoms with van der Waals surface area (Å²) in [4.78, 5) is 11.5. The average molecular weight is 376 g/mol. The van der Waals surface area contributed by atoms with Crippen LogP contribution in [-0.2, 0) is 0 Å². The van der Waals surface area contributed by atoms with E-state index in [1.165, 1.54) is 18.2 Å². The summed E-state index contributed by atoms with van der Waals surface area (Å²) in [7, 11) is 0. The molecule has 3 rings (SSSR count). The molecule has 0 amide bonds. The molecule has 5 nitrogen and oxygen atoms in total. The monoisotopic (exact) mass is 376 g/mol. The van der Waals surface area contributed by atoms with E-state index in [1.54, 1.807) is 18.2 Å². The first-order valence-corrected chi connectivity index (χ1v) is 7.99. The van der Waals surface area contributed by atoms with Crippen LogP contribution in [0.25, 0.3) is 11.0 Å². The van der Waals surface area contributed by atoms with E-state index >= 15 is 0 Å². The first-order chi connectivity index (χ1) is 12.4. The Morgan fingerprint density at radius 3 is 2.42 bits per heavy atom. The minimum atomic E-state index is -2.87. The third-order valence-corrected chi connectivity index (χ3v) is 3.75. The number of hydrogen-bond acceptors (Lipinski definition) is 4. The molecule has 2 aromatic carbocycles. The smallest absolute Gasteiger partial charge is 0.387 e. The Kier molecular flexibility index (Phi) is 5.13. The van der Waals surface area contributed by atoms with Crippen molar-refractivity contribution in [2.24, 2.45) is 0 Å². The predicted octanol–water partition coefficient (Wildman–Crippen LogP) is 4.51. The molecule has 8 heteroatoms. The van der Waals surface area contributed by atoms with Crippen LogP contribution in [0.15, 0.2) is 57.7 Å². The highest BCUT2D eigenvalue weighted by molar-refractivity contribution is 7.80. The Hall–Kier alpha value is -3.00. The fraction of sp³-hybridized carbons (Fsp3) is 0.111. The SMILES string of the molecule is Cc1cc(=O)oc2cc(NC(=S)Nc3ccc(OC(F)F)cc3)ccc12. The molecule has 1 heterocycles. The molecule has 134 valence electrons. The van der Waals surface area contributed by atoms with Crippen molar-refractivity contribution in [2.45, 2.75) is 13.5 Å². The Bertz CT molecular complexity index is 1000. The molecule has 1 aromatic heterocycles. The highest BCUT2D eigenvalue weighted by Gasteiger charge is 2.06. The lowest BCUT2D eigenvalue weighted by molar-refractivity contribution is -0.0498. The van der Waals surface area contributed by atoms with E-state index in [0.717, 1.165) is 10.9 Å². The molecule has 0 aliphatic rings. The van der Waals surface area contributed by atoms with Gasteiger partial charge in [-0.1, -0.05) is 0 Å². The molecule has 0 saturated carbocycles. The lowest BCUT2D eigenvalue weighted by atomic mass is 10.1. The van der Waals surface area contributed by atoms with E-state index in [9.17, 15) is 13.6 Å². The Morgan fingerprint density at radius 1 is 1.08 bits per heavy atom. The van der Waals surface area contributed by atoms with Crippen molar-refractivity contribution in [3.05, 3.63) is 64.5 Å². The number of nitrogens with one attached hydrogen (secondary N) is 2. The van der Waals surface area contributed by atoms with Gasteiger partial charge in [0.15, 0.2) is 5.11 Å². The molecule has 0 radical (unpaired) electrons. The third kappa shape index (κ3) is 4.34. The quantitative estimate of drug-likeness (QED) is 0.516. The van der Waals surface area contributed by atoms with Gasteiger partial charge in [0, 0.05) is 28.9 Å². The summed E-state index contributed by atoms with van der Waals surface area (Å²) in [5.41, 5.74) is 2.11. The van der Waals surface area contributed by atoms with Crippen LogP contribution in [0.2, 0.25) is 0 Å². The predicted molar refractivity (Wildman–Crippen MR) is 100 cm³/mol. The normalized spacial score (nSPS) is 10.8. The minimum Gasteiger partial charge on any atom is -0.435 e. The third-order valence-electron chi connectivity index (χ3n) is 3.55. The second-order valence-electron chi connectivity index (χ2n) is 5.44. The Labute approximate surface area is 152 Å². The maximum atomic E-state index is 12.1. The Morgan fingerprint density at radius 2 is 1.73 bits per heavy atom. The van der Waals surface area contributed by atoms with Crippen LogP contribution in [-0.4, -0.2) is 11.7 Å². The number of benzene rings is 2. The number of thiocarbonyl (C=S) groups is 1. The fourth-order valence-electron chi connectivity index (χ4n) is 2.42. The first kappa shape index (κ1) is 17.8. The van der Waals surface area contributed by atoms with Crippen molar-refractivity contribution >= 4 is 39.7 Å². The molecule has 26 heavy (non-hydrogen) atoms. The van der Waals surface area contributed by atoms with Crippen molar-refractivity contribution in [1.82, 2.24) is 0 Å². The van der Waals surface area contributed by atoms with Gasteiger partial charge in [0.2, 0.25) is 0 Å². The van der Waals surface area contributed by atoms with E-state index in [1.807, 2.05) is 19.1 Å². The van der Waals surface area contributed by atoms with Crippen molar-refractivity contribution in [1.29, 1.82) is 0 Å². The zero-order valence-corrected chi connectivity index (χ0v) is 14.4. The summed E-state index contributed by atoms with van der Waals surface area (Å²) in [5.74, 6) is 0.0596. The van der Waals surface area contributed by atoms with Crippen molar-refractivity contribution in [2.75, 3.05) is 10.6 Å². The lowest BCUT2D eigenvalue weighted by Gasteiger charge is -2.12. The number of hydrogen-bond donors (Lipinski definition) is 2. The van der Waals surface area contributed by atoms with Gasteiger partial charge in [-0.15, -0.1) is 0 Å². The van der Waals surface area contributed by atoms with Gasteiger partial charge in [0.1, 0.15) is 11.3 Å². The van der Waals surface area contributed by atoms with E-state index in [2.05, 4.69) is 15.4 Å². The molecule has 0 atom stereocenters. The van der Waals surface area contributed by atoms with Gasteiger partial charge in [-0.3, -0.25) is 0 Å². The molecule has 0 saturated heterocycles. The van der Waals surface area contributed by atoms with Crippen LogP contribution < -0.4 is 21.0 Å². The Balaban J connectivity index is 1.70. The number of ether oxygens (including phenoxy) is 1. The zero-order valence-electron chi connectivity index (χ0n) is 13.6. The van der Waals surface area contributed by atoms with Gasteiger partial charge >= 0.3 is 12.2 Å². The summed E-state index contributed by atoms with van der Waals surface area (Å²) in [6.07, 6.45) is 0. The highest BCUT2D eigenvalue weighted by Crippen LogP contribution is 2.21. The van der Waals surface area contributed by atoms with Crippen molar-refractivity contribution < 1.29 is 17.9 Å². The molecule has 0 aliphatic carbocycles. The zero-order chi connectivity index (χ0) is 18.7. The van der Waals surface area contributed by atoms with Gasteiger partial charge < -0.3 is 19.8 Å². The van der Waals surface area contributed by atoms with E-state index < -0.39 is 12.2 Å². The summed E-state index contributed by atoms with van der Waals surface area (Å²) >= 11 is 5.23. The van der Waals surface area contributed by atoms with Gasteiger partial charge in [-0.05, 0) is 61.1 Å². The highest BCUT2D eigenvalue weighted by atomic mass is 32.1. The van der Waals surface area contributed by atoms with Crippen LogP contribution in [0.5, 0.6) is 5.75 Å². The number of rotatable bonds is 4. The number of aryl methyl sites for hydroxylation is 1. The van der Waals surface area contributed by atoms with E-state index in [-0.39, 0.29) is 5.75 Å². The van der Waals surface area contributed by atoms with Gasteiger partial charge in [0.05, 0.1) is 0 Å². The summed E-state index contributed by atoms with van der Waals surface area (Å²) in [6.45, 7) is -1.03. The second-order valence-corrected chi connectivity index (χ2v) is 5.85. The van der Waals surface area contributed by atoms with Crippen molar-refractivity contribution in [3.63, 3.8) is 0 Å². The maximum Gasteiger partial charge on any atom is 0.387 e. The van der Waals surface area contributed by atoms with Crippen molar-refractivity contribution in [3.8, 4) is 5.75 Å². The molecule has 3 aromatic rings. The molecule has 0 unspecified atom stereocenters. The van der Waals surface area contributed by atoms with Crippen LogP contribution in [0.4, 0.5) is 20.2 Å². The largest absolute Gasteiger partial charge is 0.435 e. The van der Waals surface area contributed by atoms with Crippen LogP contribution in [0.3, 0.4) is 0 Å². The lowest BCUT2D eigenvalue weighted by Crippen LogP contribution is -2.19. The van der Waals surface area contributed by atoms with Crippen LogP contribution in [0, 0.1) is 6.92 Å². The number of halogens is 2. The average Bonchev–Trinajstić information content (AvgIpc) is 2.55. The number of alkyl halides is 2. The maximum absolute atomic E-state index is 12.1. The first-order valence-electron chi connectivity index (χ1n) is 7.58. The topological polar surface area (TPSA) is 63.5 Å². The standard InChI is InChI=1S/C18H14F2N2O3S/c1-10-8-16(23)25-15-9-12(4-7-14(10)15)22-18(26)21-11-2-5-13(6-3-11)24-17(19)20/h2-9,17H,1H3,(H2,21,22,26). The fourth-order valence-corrected chi connectivity index (χ4v) is 2.65. The minimum absolute atomic E-state index is 0.0596. The molecule has 0 spiro atoms. The number of anilines is 2. The van der Waals surface area contributed by atoms with Gasteiger partial charge in [0.25, 0.3) is 0 Å². The molecule has 0 fully saturated rings. The second kappa shape index (κ2) is 7.49. The molecule has 0 bridgehead atoms. The molecular weight excluding hydrogens is 362 g/mol. The summed E-state index contributed by atoms with van der Waals surface area (Å²) < 4.78 is 33.8. The molecular formula is C18H14F2N2O3S. The van der Waals surface area contributed by atoms with Gasteiger partial charge in [-0.2, -0.15) is 8.78 Å². The summed E-state index contributed by atoms with van der Waals surface area (Å²) in [5, 5.41) is 7.03.